The Morgan fingerprint density at radius 3 is 2.58 bits per heavy atom. The predicted octanol–water partition coefficient (Wildman–Crippen LogP) is 3.11. The molecule has 19 heavy (non-hydrogen) atoms. The first-order valence-corrected chi connectivity index (χ1v) is 6.44. The molecule has 0 aromatic heterocycles. The van der Waals surface area contributed by atoms with Crippen LogP contribution >= 0.6 is 27.5 Å². The standard InChI is InChI=1S/C13H12BrClN2O2/c1-17(2)13(18)9(7-16)4-8-5-10(14)12(19-3)11(15)6-8/h4-6H,1-3H3/b9-4-. The van der Waals surface area contributed by atoms with Gasteiger partial charge in [0.25, 0.3) is 5.91 Å². The van der Waals surface area contributed by atoms with Crippen molar-refractivity contribution in [1.82, 2.24) is 4.90 Å². The molecule has 0 aliphatic carbocycles. The highest BCUT2D eigenvalue weighted by atomic mass is 79.9. The smallest absolute Gasteiger partial charge is 0.264 e. The minimum atomic E-state index is -0.356. The number of amides is 1. The summed E-state index contributed by atoms with van der Waals surface area (Å²) in [6, 6.07) is 5.24. The normalized spacial score (nSPS) is 10.8. The summed E-state index contributed by atoms with van der Waals surface area (Å²) in [4.78, 5) is 13.1. The van der Waals surface area contributed by atoms with Crippen LogP contribution in [0.1, 0.15) is 5.56 Å². The highest BCUT2D eigenvalue weighted by Crippen LogP contribution is 2.34. The van der Waals surface area contributed by atoms with Gasteiger partial charge in [-0.2, -0.15) is 5.26 Å². The zero-order valence-electron chi connectivity index (χ0n) is 10.7. The van der Waals surface area contributed by atoms with Gasteiger partial charge >= 0.3 is 0 Å². The minimum absolute atomic E-state index is 0.0399. The number of benzene rings is 1. The van der Waals surface area contributed by atoms with Crippen molar-refractivity contribution in [3.05, 3.63) is 32.8 Å². The van der Waals surface area contributed by atoms with Crippen LogP contribution in [0.5, 0.6) is 5.75 Å². The molecule has 0 aliphatic heterocycles. The molecule has 6 heteroatoms. The van der Waals surface area contributed by atoms with Crippen molar-refractivity contribution in [3.8, 4) is 11.8 Å². The molecule has 0 unspecified atom stereocenters. The zero-order valence-corrected chi connectivity index (χ0v) is 13.0. The third-order valence-electron chi connectivity index (χ3n) is 2.29. The maximum atomic E-state index is 11.7. The van der Waals surface area contributed by atoms with Gasteiger partial charge in [0.2, 0.25) is 0 Å². The fraction of sp³-hybridized carbons (Fsp3) is 0.231. The number of ether oxygens (including phenoxy) is 1. The van der Waals surface area contributed by atoms with Crippen molar-refractivity contribution in [2.24, 2.45) is 0 Å². The molecule has 100 valence electrons. The molecule has 4 nitrogen and oxygen atoms in total. The van der Waals surface area contributed by atoms with Gasteiger partial charge in [-0.25, -0.2) is 0 Å². The Morgan fingerprint density at radius 1 is 1.53 bits per heavy atom. The lowest BCUT2D eigenvalue weighted by molar-refractivity contribution is -0.124. The Bertz CT molecular complexity index is 553. The third kappa shape index (κ3) is 3.72. The molecule has 0 N–H and O–H groups in total. The summed E-state index contributed by atoms with van der Waals surface area (Å²) < 4.78 is 5.76. The first kappa shape index (κ1) is 15.5. The van der Waals surface area contributed by atoms with Gasteiger partial charge in [0.15, 0.2) is 5.75 Å². The molecule has 1 aromatic carbocycles. The van der Waals surface area contributed by atoms with E-state index in [0.29, 0.717) is 20.8 Å². The summed E-state index contributed by atoms with van der Waals surface area (Å²) in [7, 11) is 4.69. The molecule has 0 atom stereocenters. The van der Waals surface area contributed by atoms with Gasteiger partial charge in [-0.05, 0) is 39.7 Å². The van der Waals surface area contributed by atoms with E-state index >= 15 is 0 Å². The Morgan fingerprint density at radius 2 is 2.16 bits per heavy atom. The van der Waals surface area contributed by atoms with Crippen LogP contribution in [0.25, 0.3) is 6.08 Å². The summed E-state index contributed by atoms with van der Waals surface area (Å²) in [5, 5.41) is 9.41. The second-order valence-electron chi connectivity index (χ2n) is 3.89. The lowest BCUT2D eigenvalue weighted by Gasteiger charge is -2.10. The van der Waals surface area contributed by atoms with Gasteiger partial charge in [0.05, 0.1) is 16.6 Å². The predicted molar refractivity (Wildman–Crippen MR) is 78.0 cm³/mol. The molecule has 0 bridgehead atoms. The van der Waals surface area contributed by atoms with E-state index in [0.717, 1.165) is 0 Å². The van der Waals surface area contributed by atoms with Crippen LogP contribution in [0.4, 0.5) is 0 Å². The summed E-state index contributed by atoms with van der Waals surface area (Å²) in [5.41, 5.74) is 0.683. The summed E-state index contributed by atoms with van der Waals surface area (Å²) in [6.45, 7) is 0. The lowest BCUT2D eigenvalue weighted by atomic mass is 10.1. The zero-order chi connectivity index (χ0) is 14.6. The highest BCUT2D eigenvalue weighted by Gasteiger charge is 2.13. The Balaban J connectivity index is 3.25. The number of hydrogen-bond donors (Lipinski definition) is 0. The minimum Gasteiger partial charge on any atom is -0.494 e. The van der Waals surface area contributed by atoms with Gasteiger partial charge in [0.1, 0.15) is 11.6 Å². The van der Waals surface area contributed by atoms with Crippen molar-refractivity contribution < 1.29 is 9.53 Å². The second-order valence-corrected chi connectivity index (χ2v) is 5.15. The van der Waals surface area contributed by atoms with Crippen molar-refractivity contribution in [2.45, 2.75) is 0 Å². The number of carbonyl (C=O) groups is 1. The molecule has 1 amide bonds. The fourth-order valence-electron chi connectivity index (χ4n) is 1.41. The van der Waals surface area contributed by atoms with Gasteiger partial charge < -0.3 is 9.64 Å². The molecule has 0 radical (unpaired) electrons. The number of halogens is 2. The third-order valence-corrected chi connectivity index (χ3v) is 3.16. The van der Waals surface area contributed by atoms with Crippen LogP contribution < -0.4 is 4.74 Å². The van der Waals surface area contributed by atoms with Crippen molar-refractivity contribution in [3.63, 3.8) is 0 Å². The molecule has 0 saturated carbocycles. The van der Waals surface area contributed by atoms with Crippen molar-refractivity contribution in [2.75, 3.05) is 21.2 Å². The summed E-state index contributed by atoms with van der Waals surface area (Å²) in [5.74, 6) is 0.154. The van der Waals surface area contributed by atoms with Gasteiger partial charge in [-0.15, -0.1) is 0 Å². The topological polar surface area (TPSA) is 53.3 Å². The Kier molecular flexibility index (Phi) is 5.40. The molecular formula is C13H12BrClN2O2. The van der Waals surface area contributed by atoms with E-state index in [4.69, 9.17) is 21.6 Å². The SMILES string of the molecule is COc1c(Cl)cc(/C=C(/C#N)C(=O)N(C)C)cc1Br. The van der Waals surface area contributed by atoms with E-state index in [-0.39, 0.29) is 11.5 Å². The van der Waals surface area contributed by atoms with Crippen molar-refractivity contribution >= 4 is 39.5 Å². The number of nitrogens with zero attached hydrogens (tertiary/aromatic N) is 2. The first-order valence-electron chi connectivity index (χ1n) is 5.27. The maximum Gasteiger partial charge on any atom is 0.264 e. The van der Waals surface area contributed by atoms with Gasteiger partial charge in [0, 0.05) is 14.1 Å². The molecule has 0 fully saturated rings. The molecule has 0 aliphatic rings. The number of nitriles is 1. The van der Waals surface area contributed by atoms with E-state index in [1.54, 1.807) is 26.2 Å². The molecule has 1 aromatic rings. The van der Waals surface area contributed by atoms with Gasteiger partial charge in [-0.1, -0.05) is 11.6 Å². The number of methoxy groups -OCH3 is 1. The fourth-order valence-corrected chi connectivity index (χ4v) is 2.47. The molecule has 0 heterocycles. The molecule has 0 saturated heterocycles. The number of hydrogen-bond acceptors (Lipinski definition) is 3. The first-order chi connectivity index (χ1) is 8.90. The summed E-state index contributed by atoms with van der Waals surface area (Å²) in [6.07, 6.45) is 1.48. The van der Waals surface area contributed by atoms with E-state index in [2.05, 4.69) is 15.9 Å². The second kappa shape index (κ2) is 6.60. The van der Waals surface area contributed by atoms with Crippen LogP contribution in [0, 0.1) is 11.3 Å². The van der Waals surface area contributed by atoms with E-state index < -0.39 is 0 Å². The Labute approximate surface area is 125 Å². The number of likely N-dealkylation sites (N-methyl/N-ethyl adjacent to an activating group) is 1. The molecular weight excluding hydrogens is 332 g/mol. The van der Waals surface area contributed by atoms with Crippen LogP contribution in [0.15, 0.2) is 22.2 Å². The lowest BCUT2D eigenvalue weighted by Crippen LogP contribution is -2.22. The maximum absolute atomic E-state index is 11.7. The van der Waals surface area contributed by atoms with Crippen LogP contribution in [0.3, 0.4) is 0 Å². The van der Waals surface area contributed by atoms with Crippen LogP contribution in [-0.2, 0) is 4.79 Å². The Hall–Kier alpha value is -1.51. The molecule has 0 spiro atoms. The molecule has 1 rings (SSSR count). The quantitative estimate of drug-likeness (QED) is 0.626. The van der Waals surface area contributed by atoms with Crippen LogP contribution in [0.2, 0.25) is 5.02 Å². The van der Waals surface area contributed by atoms with Crippen LogP contribution in [-0.4, -0.2) is 32.0 Å². The van der Waals surface area contributed by atoms with E-state index in [9.17, 15) is 4.79 Å². The van der Waals surface area contributed by atoms with Gasteiger partial charge in [-0.3, -0.25) is 4.79 Å². The largest absolute Gasteiger partial charge is 0.494 e. The average molecular weight is 344 g/mol. The summed E-state index contributed by atoms with van der Waals surface area (Å²) >= 11 is 9.36. The monoisotopic (exact) mass is 342 g/mol. The van der Waals surface area contributed by atoms with E-state index in [1.807, 2.05) is 6.07 Å². The average Bonchev–Trinajstić information content (AvgIpc) is 2.34. The van der Waals surface area contributed by atoms with Crippen molar-refractivity contribution in [1.29, 1.82) is 5.26 Å². The highest BCUT2D eigenvalue weighted by molar-refractivity contribution is 9.10. The van der Waals surface area contributed by atoms with E-state index in [1.165, 1.54) is 18.1 Å². The number of carbonyl (C=O) groups excluding carboxylic acids is 1. The number of rotatable bonds is 3.